The first kappa shape index (κ1) is 13.8. The zero-order valence-electron chi connectivity index (χ0n) is 8.30. The third kappa shape index (κ3) is 5.94. The number of rotatable bonds is 5. The van der Waals surface area contributed by atoms with E-state index in [1.54, 1.807) is 0 Å². The summed E-state index contributed by atoms with van der Waals surface area (Å²) in [7, 11) is 0. The van der Waals surface area contributed by atoms with Gasteiger partial charge in [-0.25, -0.2) is 4.79 Å². The quantitative estimate of drug-likeness (QED) is 0.672. The van der Waals surface area contributed by atoms with Crippen molar-refractivity contribution in [3.8, 4) is 6.07 Å². The molecule has 0 aromatic heterocycles. The van der Waals surface area contributed by atoms with Crippen molar-refractivity contribution in [2.24, 2.45) is 5.92 Å². The Morgan fingerprint density at radius 2 is 2.07 bits per heavy atom. The van der Waals surface area contributed by atoms with Crippen molar-refractivity contribution in [3.05, 3.63) is 0 Å². The lowest BCUT2D eigenvalue weighted by atomic mass is 10.0. The van der Waals surface area contributed by atoms with Crippen LogP contribution in [-0.4, -0.2) is 18.8 Å². The second-order valence-corrected chi connectivity index (χ2v) is 3.04. The summed E-state index contributed by atoms with van der Waals surface area (Å²) in [5.74, 6) is -2.55. The molecule has 86 valence electrons. The Morgan fingerprint density at radius 1 is 1.47 bits per heavy atom. The molecule has 0 rings (SSSR count). The fraction of sp³-hybridized carbons (Fsp3) is 0.778. The van der Waals surface area contributed by atoms with E-state index >= 15 is 0 Å². The number of hydrogen-bond acceptors (Lipinski definition) is 3. The number of nitrogens with zero attached hydrogens (tertiary/aromatic N) is 1. The molecule has 0 aliphatic heterocycles. The van der Waals surface area contributed by atoms with Crippen LogP contribution < -0.4 is 0 Å². The van der Waals surface area contributed by atoms with Gasteiger partial charge in [0, 0.05) is 5.92 Å². The van der Waals surface area contributed by atoms with E-state index in [1.807, 2.05) is 13.0 Å². The minimum absolute atomic E-state index is 0.145. The Hall–Kier alpha value is -1.25. The monoisotopic (exact) mass is 223 g/mol. The normalized spacial score (nSPS) is 13.0. The fourth-order valence-electron chi connectivity index (χ4n) is 0.998. The molecule has 0 fully saturated rings. The van der Waals surface area contributed by atoms with E-state index in [1.165, 1.54) is 0 Å². The number of carbonyl (C=O) groups excluding carboxylic acids is 1. The average molecular weight is 223 g/mol. The summed E-state index contributed by atoms with van der Waals surface area (Å²) >= 11 is 0. The van der Waals surface area contributed by atoms with Crippen LogP contribution in [0.2, 0.25) is 0 Å². The zero-order valence-corrected chi connectivity index (χ0v) is 8.30. The largest absolute Gasteiger partial charge is 0.490 e. The summed E-state index contributed by atoms with van der Waals surface area (Å²) in [6.45, 7) is 1.50. The molecule has 0 saturated heterocycles. The van der Waals surface area contributed by atoms with Crippen molar-refractivity contribution in [2.75, 3.05) is 6.61 Å². The lowest BCUT2D eigenvalue weighted by molar-refractivity contribution is -0.199. The molecule has 1 unspecified atom stereocenters. The molecule has 0 aliphatic carbocycles. The van der Waals surface area contributed by atoms with Gasteiger partial charge in [0.2, 0.25) is 0 Å². The molecule has 0 aromatic rings. The minimum Gasteiger partial charge on any atom is -0.459 e. The molecule has 0 saturated carbocycles. The first-order chi connectivity index (χ1) is 6.91. The molecule has 0 N–H and O–H groups in total. The van der Waals surface area contributed by atoms with Crippen molar-refractivity contribution < 1.29 is 22.7 Å². The zero-order chi connectivity index (χ0) is 11.9. The van der Waals surface area contributed by atoms with Crippen molar-refractivity contribution in [3.63, 3.8) is 0 Å². The van der Waals surface area contributed by atoms with Crippen molar-refractivity contribution in [2.45, 2.75) is 32.4 Å². The van der Waals surface area contributed by atoms with E-state index in [0.717, 1.165) is 6.42 Å². The first-order valence-corrected chi connectivity index (χ1v) is 4.55. The highest BCUT2D eigenvalue weighted by Gasteiger charge is 2.40. The van der Waals surface area contributed by atoms with Crippen LogP contribution in [0.3, 0.4) is 0 Å². The van der Waals surface area contributed by atoms with Crippen LogP contribution in [0.5, 0.6) is 0 Å². The van der Waals surface area contributed by atoms with Gasteiger partial charge in [-0.15, -0.1) is 0 Å². The van der Waals surface area contributed by atoms with Crippen LogP contribution in [-0.2, 0) is 9.53 Å². The van der Waals surface area contributed by atoms with Gasteiger partial charge >= 0.3 is 12.1 Å². The number of halogens is 3. The Kier molecular flexibility index (Phi) is 5.75. The Bertz CT molecular complexity index is 245. The molecular weight excluding hydrogens is 211 g/mol. The van der Waals surface area contributed by atoms with Gasteiger partial charge in [-0.05, 0) is 12.8 Å². The smallest absolute Gasteiger partial charge is 0.459 e. The summed E-state index contributed by atoms with van der Waals surface area (Å²) in [5, 5.41) is 8.57. The molecule has 0 spiro atoms. The van der Waals surface area contributed by atoms with Crippen LogP contribution in [0, 0.1) is 17.2 Å². The lowest BCUT2D eigenvalue weighted by Gasteiger charge is -2.09. The Morgan fingerprint density at radius 3 is 2.47 bits per heavy atom. The maximum absolute atomic E-state index is 11.7. The second-order valence-electron chi connectivity index (χ2n) is 3.04. The third-order valence-corrected chi connectivity index (χ3v) is 1.75. The summed E-state index contributed by atoms with van der Waals surface area (Å²) in [6.07, 6.45) is -3.44. The molecular formula is C9H12F3NO2. The van der Waals surface area contributed by atoms with Gasteiger partial charge in [-0.3, -0.25) is 0 Å². The second kappa shape index (κ2) is 6.27. The Balaban J connectivity index is 3.79. The van der Waals surface area contributed by atoms with E-state index in [9.17, 15) is 18.0 Å². The summed E-state index contributed by atoms with van der Waals surface area (Å²) in [6, 6.07) is 1.94. The predicted octanol–water partition coefficient (Wildman–Crippen LogP) is 2.42. The molecule has 15 heavy (non-hydrogen) atoms. The summed E-state index contributed by atoms with van der Waals surface area (Å²) in [4.78, 5) is 10.3. The summed E-state index contributed by atoms with van der Waals surface area (Å²) < 4.78 is 39.0. The lowest BCUT2D eigenvalue weighted by Crippen LogP contribution is -2.26. The minimum atomic E-state index is -4.95. The molecule has 0 aliphatic rings. The van der Waals surface area contributed by atoms with Crippen LogP contribution in [0.4, 0.5) is 13.2 Å². The average Bonchev–Trinajstić information content (AvgIpc) is 2.14. The molecule has 6 heteroatoms. The van der Waals surface area contributed by atoms with E-state index in [4.69, 9.17) is 5.26 Å². The molecule has 1 atom stereocenters. The standard InChI is InChI=1S/C9H12F3NO2/c1-2-3-7(6-13)4-5-15-8(14)9(10,11)12/h7H,2-5H2,1H3. The van der Waals surface area contributed by atoms with Gasteiger partial charge in [0.15, 0.2) is 0 Å². The van der Waals surface area contributed by atoms with Gasteiger partial charge in [0.1, 0.15) is 0 Å². The molecule has 0 aromatic carbocycles. The third-order valence-electron chi connectivity index (χ3n) is 1.75. The SMILES string of the molecule is CCCC(C#N)CCOC(=O)C(F)(F)F. The highest BCUT2D eigenvalue weighted by molar-refractivity contribution is 5.75. The van der Waals surface area contributed by atoms with Gasteiger partial charge < -0.3 is 4.74 Å². The van der Waals surface area contributed by atoms with Gasteiger partial charge in [0.25, 0.3) is 0 Å². The maximum Gasteiger partial charge on any atom is 0.490 e. The van der Waals surface area contributed by atoms with Crippen LogP contribution in [0.15, 0.2) is 0 Å². The molecule has 0 bridgehead atoms. The summed E-state index contributed by atoms with van der Waals surface area (Å²) in [5.41, 5.74) is 0. The predicted molar refractivity (Wildman–Crippen MR) is 45.6 cm³/mol. The number of esters is 1. The van der Waals surface area contributed by atoms with Crippen LogP contribution in [0.1, 0.15) is 26.2 Å². The van der Waals surface area contributed by atoms with E-state index < -0.39 is 12.1 Å². The number of alkyl halides is 3. The highest BCUT2D eigenvalue weighted by atomic mass is 19.4. The fourth-order valence-corrected chi connectivity index (χ4v) is 0.998. The number of nitriles is 1. The van der Waals surface area contributed by atoms with E-state index in [0.29, 0.717) is 6.42 Å². The molecule has 0 amide bonds. The van der Waals surface area contributed by atoms with Crippen LogP contribution >= 0.6 is 0 Å². The van der Waals surface area contributed by atoms with E-state index in [2.05, 4.69) is 4.74 Å². The van der Waals surface area contributed by atoms with Crippen molar-refractivity contribution in [1.29, 1.82) is 5.26 Å². The van der Waals surface area contributed by atoms with E-state index in [-0.39, 0.29) is 18.9 Å². The number of carbonyl (C=O) groups is 1. The van der Waals surface area contributed by atoms with Crippen molar-refractivity contribution >= 4 is 5.97 Å². The molecule has 0 heterocycles. The van der Waals surface area contributed by atoms with Crippen LogP contribution in [0.25, 0.3) is 0 Å². The number of hydrogen-bond donors (Lipinski definition) is 0. The van der Waals surface area contributed by atoms with Gasteiger partial charge in [-0.2, -0.15) is 18.4 Å². The highest BCUT2D eigenvalue weighted by Crippen LogP contribution is 2.17. The topological polar surface area (TPSA) is 50.1 Å². The number of ether oxygens (including phenoxy) is 1. The molecule has 3 nitrogen and oxygen atoms in total. The Labute approximate surface area is 85.8 Å². The maximum atomic E-state index is 11.7. The van der Waals surface area contributed by atoms with Crippen molar-refractivity contribution in [1.82, 2.24) is 0 Å². The first-order valence-electron chi connectivity index (χ1n) is 4.55. The van der Waals surface area contributed by atoms with Gasteiger partial charge in [0.05, 0.1) is 12.7 Å². The molecule has 0 radical (unpaired) electrons. The van der Waals surface area contributed by atoms with Gasteiger partial charge in [-0.1, -0.05) is 13.3 Å².